The summed E-state index contributed by atoms with van der Waals surface area (Å²) in [7, 11) is 2.90. The van der Waals surface area contributed by atoms with Crippen LogP contribution in [0.4, 0.5) is 0 Å². The Kier molecular flexibility index (Phi) is 6.18. The minimum Gasteiger partial charge on any atom is -0.469 e. The van der Waals surface area contributed by atoms with Gasteiger partial charge in [0, 0.05) is 0 Å². The molecule has 4 unspecified atom stereocenters. The summed E-state index contributed by atoms with van der Waals surface area (Å²) < 4.78 is 9.43. The van der Waals surface area contributed by atoms with E-state index in [1.165, 1.54) is 36.5 Å². The van der Waals surface area contributed by atoms with Crippen LogP contribution < -0.4 is 0 Å². The van der Waals surface area contributed by atoms with Crippen LogP contribution >= 0.6 is 0 Å². The van der Waals surface area contributed by atoms with Crippen LogP contribution in [0.25, 0.3) is 0 Å². The molecule has 0 radical (unpaired) electrons. The molecule has 4 heteroatoms. The molecule has 0 aliphatic heterocycles. The standard InChI is InChI=1S/2C12H14O2/c2*1-8-4-3-5-9(6-8)10-7-11(10)12(13)14-2/h2*3-6,10-11H,7H2,1-2H3. The lowest BCUT2D eigenvalue weighted by Crippen LogP contribution is -2.03. The zero-order valence-corrected chi connectivity index (χ0v) is 17.0. The maximum absolute atomic E-state index is 11.2. The number of carbonyl (C=O) groups excluding carboxylic acids is 2. The summed E-state index contributed by atoms with van der Waals surface area (Å²) in [5.41, 5.74) is 5.02. The fourth-order valence-electron chi connectivity index (χ4n) is 3.75. The van der Waals surface area contributed by atoms with Crippen LogP contribution in [-0.2, 0) is 19.1 Å². The monoisotopic (exact) mass is 380 g/mol. The molecule has 2 saturated carbocycles. The number of hydrogen-bond acceptors (Lipinski definition) is 4. The molecule has 148 valence electrons. The summed E-state index contributed by atoms with van der Waals surface area (Å²) >= 11 is 0. The number of methoxy groups -OCH3 is 2. The van der Waals surface area contributed by atoms with Gasteiger partial charge < -0.3 is 9.47 Å². The van der Waals surface area contributed by atoms with E-state index in [2.05, 4.69) is 50.2 Å². The van der Waals surface area contributed by atoms with Crippen LogP contribution in [0.1, 0.15) is 46.9 Å². The van der Waals surface area contributed by atoms with Crippen molar-refractivity contribution in [3.8, 4) is 0 Å². The van der Waals surface area contributed by atoms with Crippen molar-refractivity contribution in [1.82, 2.24) is 0 Å². The number of benzene rings is 2. The molecular weight excluding hydrogens is 352 g/mol. The van der Waals surface area contributed by atoms with Crippen LogP contribution in [0.5, 0.6) is 0 Å². The van der Waals surface area contributed by atoms with Gasteiger partial charge >= 0.3 is 11.9 Å². The third kappa shape index (κ3) is 4.80. The highest BCUT2D eigenvalue weighted by Gasteiger charge is 2.45. The van der Waals surface area contributed by atoms with Crippen molar-refractivity contribution in [2.24, 2.45) is 11.8 Å². The molecule has 2 aromatic carbocycles. The molecule has 2 fully saturated rings. The molecular formula is C24H28O4. The molecule has 0 aromatic heterocycles. The number of esters is 2. The fourth-order valence-corrected chi connectivity index (χ4v) is 3.75. The number of ether oxygens (including phenoxy) is 2. The predicted octanol–water partition coefficient (Wildman–Crippen LogP) is 4.54. The first-order chi connectivity index (χ1) is 13.4. The molecule has 0 bridgehead atoms. The molecule has 0 spiro atoms. The molecule has 0 amide bonds. The van der Waals surface area contributed by atoms with Gasteiger partial charge in [0.15, 0.2) is 0 Å². The van der Waals surface area contributed by atoms with Crippen LogP contribution in [0.3, 0.4) is 0 Å². The molecule has 2 aliphatic rings. The highest BCUT2D eigenvalue weighted by molar-refractivity contribution is 5.77. The minimum atomic E-state index is -0.0727. The third-order valence-corrected chi connectivity index (χ3v) is 5.53. The smallest absolute Gasteiger partial charge is 0.309 e. The summed E-state index contributed by atoms with van der Waals surface area (Å²) in [5, 5.41) is 0. The Morgan fingerprint density at radius 2 is 1.14 bits per heavy atom. The van der Waals surface area contributed by atoms with E-state index in [-0.39, 0.29) is 23.8 Å². The first-order valence-electron chi connectivity index (χ1n) is 9.73. The van der Waals surface area contributed by atoms with E-state index in [1.54, 1.807) is 0 Å². The van der Waals surface area contributed by atoms with Crippen LogP contribution in [0.2, 0.25) is 0 Å². The number of hydrogen-bond donors (Lipinski definition) is 0. The molecule has 2 aliphatic carbocycles. The lowest BCUT2D eigenvalue weighted by atomic mass is 10.1. The van der Waals surface area contributed by atoms with Crippen molar-refractivity contribution in [3.63, 3.8) is 0 Å². The topological polar surface area (TPSA) is 52.6 Å². The van der Waals surface area contributed by atoms with E-state index in [1.807, 2.05) is 12.1 Å². The molecule has 4 nitrogen and oxygen atoms in total. The van der Waals surface area contributed by atoms with E-state index >= 15 is 0 Å². The highest BCUT2D eigenvalue weighted by Crippen LogP contribution is 2.48. The molecule has 2 aromatic rings. The molecule has 0 N–H and O–H groups in total. The quantitative estimate of drug-likeness (QED) is 0.731. The van der Waals surface area contributed by atoms with Crippen molar-refractivity contribution >= 4 is 11.9 Å². The molecule has 0 heterocycles. The fraction of sp³-hybridized carbons (Fsp3) is 0.417. The SMILES string of the molecule is COC(=O)C1CC1c1cccc(C)c1.COC(=O)C1CC1c1cccc(C)c1. The second-order valence-corrected chi connectivity index (χ2v) is 7.77. The Balaban J connectivity index is 0.000000161. The van der Waals surface area contributed by atoms with E-state index in [4.69, 9.17) is 9.47 Å². The van der Waals surface area contributed by atoms with Crippen molar-refractivity contribution in [2.75, 3.05) is 14.2 Å². The summed E-state index contributed by atoms with van der Waals surface area (Å²) in [5.74, 6) is 0.835. The van der Waals surface area contributed by atoms with E-state index in [0.717, 1.165) is 12.8 Å². The van der Waals surface area contributed by atoms with Crippen molar-refractivity contribution < 1.29 is 19.1 Å². The molecule has 0 saturated heterocycles. The van der Waals surface area contributed by atoms with Crippen LogP contribution in [0, 0.1) is 25.7 Å². The molecule has 4 rings (SSSR count). The Labute approximate surface area is 166 Å². The van der Waals surface area contributed by atoms with Gasteiger partial charge in [0.25, 0.3) is 0 Å². The average molecular weight is 380 g/mol. The first kappa shape index (κ1) is 20.1. The summed E-state index contributed by atoms with van der Waals surface area (Å²) in [6.45, 7) is 4.14. The highest BCUT2D eigenvalue weighted by atomic mass is 16.5. The second-order valence-electron chi connectivity index (χ2n) is 7.77. The minimum absolute atomic E-state index is 0.0727. The largest absolute Gasteiger partial charge is 0.469 e. The van der Waals surface area contributed by atoms with Gasteiger partial charge in [-0.1, -0.05) is 59.7 Å². The summed E-state index contributed by atoms with van der Waals surface area (Å²) in [4.78, 5) is 22.4. The van der Waals surface area contributed by atoms with Gasteiger partial charge in [0.1, 0.15) is 0 Å². The zero-order chi connectivity index (χ0) is 20.3. The van der Waals surface area contributed by atoms with Gasteiger partial charge in [0.05, 0.1) is 26.1 Å². The normalized spacial score (nSPS) is 24.4. The van der Waals surface area contributed by atoms with E-state index < -0.39 is 0 Å². The molecule has 28 heavy (non-hydrogen) atoms. The maximum Gasteiger partial charge on any atom is 0.309 e. The predicted molar refractivity (Wildman–Crippen MR) is 108 cm³/mol. The van der Waals surface area contributed by atoms with E-state index in [0.29, 0.717) is 11.8 Å². The Morgan fingerprint density at radius 3 is 1.46 bits per heavy atom. The Morgan fingerprint density at radius 1 is 0.750 bits per heavy atom. The lowest BCUT2D eigenvalue weighted by Gasteiger charge is -2.00. The van der Waals surface area contributed by atoms with Crippen molar-refractivity contribution in [1.29, 1.82) is 0 Å². The first-order valence-corrected chi connectivity index (χ1v) is 9.73. The maximum atomic E-state index is 11.2. The lowest BCUT2D eigenvalue weighted by molar-refractivity contribution is -0.143. The number of carbonyl (C=O) groups is 2. The van der Waals surface area contributed by atoms with Gasteiger partial charge in [-0.3, -0.25) is 9.59 Å². The van der Waals surface area contributed by atoms with Crippen LogP contribution in [-0.4, -0.2) is 26.2 Å². The third-order valence-electron chi connectivity index (χ3n) is 5.53. The molecule has 4 atom stereocenters. The average Bonchev–Trinajstić information content (AvgIpc) is 3.60. The number of rotatable bonds is 4. The van der Waals surface area contributed by atoms with Gasteiger partial charge in [-0.15, -0.1) is 0 Å². The van der Waals surface area contributed by atoms with Crippen molar-refractivity contribution in [2.45, 2.75) is 38.5 Å². The number of aryl methyl sites for hydroxylation is 2. The van der Waals surface area contributed by atoms with E-state index in [9.17, 15) is 9.59 Å². The Bertz CT molecular complexity index is 786. The van der Waals surface area contributed by atoms with Gasteiger partial charge in [-0.25, -0.2) is 0 Å². The zero-order valence-electron chi connectivity index (χ0n) is 17.0. The van der Waals surface area contributed by atoms with Gasteiger partial charge in [0.2, 0.25) is 0 Å². The Hall–Kier alpha value is -2.62. The summed E-state index contributed by atoms with van der Waals surface area (Å²) in [6.07, 6.45) is 1.88. The van der Waals surface area contributed by atoms with Crippen LogP contribution in [0.15, 0.2) is 48.5 Å². The van der Waals surface area contributed by atoms with Gasteiger partial charge in [-0.2, -0.15) is 0 Å². The van der Waals surface area contributed by atoms with Gasteiger partial charge in [-0.05, 0) is 49.7 Å². The van der Waals surface area contributed by atoms with Crippen molar-refractivity contribution in [3.05, 3.63) is 70.8 Å². The summed E-state index contributed by atoms with van der Waals surface area (Å²) in [6, 6.07) is 16.7. The second kappa shape index (κ2) is 8.59.